The molecule has 1 aromatic carbocycles. The van der Waals surface area contributed by atoms with Crippen molar-refractivity contribution in [2.75, 3.05) is 16.8 Å². The van der Waals surface area contributed by atoms with Crippen LogP contribution in [0.3, 0.4) is 0 Å². The Morgan fingerprint density at radius 1 is 1.22 bits per heavy atom. The fraction of sp³-hybridized carbons (Fsp3) is 0.217. The van der Waals surface area contributed by atoms with E-state index in [1.807, 2.05) is 30.3 Å². The number of carboxylic acid groups (broad SMARTS) is 1. The average Bonchev–Trinajstić information content (AvgIpc) is 3.43. The smallest absolute Gasteiger partial charge is 1.00 e. The molecule has 5 rings (SSSR count). The van der Waals surface area contributed by atoms with E-state index in [4.69, 9.17) is 4.98 Å². The predicted molar refractivity (Wildman–Crippen MR) is 120 cm³/mol. The molecule has 1 saturated heterocycles. The molecule has 0 radical (unpaired) electrons. The first-order valence-electron chi connectivity index (χ1n) is 10.3. The Morgan fingerprint density at radius 3 is 2.84 bits per heavy atom. The summed E-state index contributed by atoms with van der Waals surface area (Å²) in [5.74, 6) is 0.705. The van der Waals surface area contributed by atoms with Gasteiger partial charge >= 0.3 is 35.5 Å². The zero-order chi connectivity index (χ0) is 21.4. The van der Waals surface area contributed by atoms with Gasteiger partial charge in [0.25, 0.3) is 0 Å². The number of nitrogens with zero attached hydrogens (tertiary/aromatic N) is 5. The van der Waals surface area contributed by atoms with Gasteiger partial charge in [0.15, 0.2) is 5.65 Å². The van der Waals surface area contributed by atoms with Gasteiger partial charge in [-0.2, -0.15) is 5.10 Å². The van der Waals surface area contributed by atoms with Gasteiger partial charge in [-0.1, -0.05) is 18.2 Å². The van der Waals surface area contributed by atoms with Gasteiger partial charge in [-0.3, -0.25) is 0 Å². The summed E-state index contributed by atoms with van der Waals surface area (Å²) < 4.78 is 1.68. The summed E-state index contributed by atoms with van der Waals surface area (Å²) in [6.45, 7) is 3.24. The summed E-state index contributed by atoms with van der Waals surface area (Å²) in [5, 5.41) is 17.3. The van der Waals surface area contributed by atoms with Crippen molar-refractivity contribution in [2.45, 2.75) is 25.8 Å². The van der Waals surface area contributed by atoms with Crippen LogP contribution in [-0.4, -0.2) is 43.2 Å². The van der Waals surface area contributed by atoms with Crippen molar-refractivity contribution in [1.82, 2.24) is 19.6 Å². The van der Waals surface area contributed by atoms with Gasteiger partial charge in [0.05, 0.1) is 16.9 Å². The van der Waals surface area contributed by atoms with E-state index in [2.05, 4.69) is 27.2 Å². The number of carbonyl (C=O) groups is 1. The fourth-order valence-corrected chi connectivity index (χ4v) is 4.03. The van der Waals surface area contributed by atoms with E-state index in [-0.39, 0.29) is 36.5 Å². The van der Waals surface area contributed by atoms with Crippen LogP contribution in [0, 0.1) is 0 Å². The molecule has 1 unspecified atom stereocenters. The van der Waals surface area contributed by atoms with Gasteiger partial charge in [0.1, 0.15) is 11.6 Å². The monoisotopic (exact) mass is 438 g/mol. The number of aromatic carboxylic acids is 1. The molecule has 1 aliphatic heterocycles. The molecule has 2 N–H and O–H groups in total. The number of aromatic nitrogens is 4. The molecule has 0 bridgehead atoms. The summed E-state index contributed by atoms with van der Waals surface area (Å²) in [7, 11) is 0. The maximum atomic E-state index is 11.4. The van der Waals surface area contributed by atoms with Crippen molar-refractivity contribution < 1.29 is 40.9 Å². The molecule has 0 spiro atoms. The third-order valence-electron chi connectivity index (χ3n) is 5.61. The molecule has 1 fully saturated rings. The second-order valence-corrected chi connectivity index (χ2v) is 7.72. The quantitative estimate of drug-likeness (QED) is 0.454. The Labute approximate surface area is 209 Å². The molecule has 3 aromatic heterocycles. The van der Waals surface area contributed by atoms with Gasteiger partial charge in [-0.05, 0) is 50.1 Å². The van der Waals surface area contributed by atoms with E-state index < -0.39 is 5.97 Å². The normalized spacial score (nSPS) is 15.5. The number of hydrogen-bond donors (Lipinski definition) is 2. The number of nitrogens with one attached hydrogen (secondary N) is 1. The Kier molecular flexibility index (Phi) is 6.45. The third-order valence-corrected chi connectivity index (χ3v) is 5.61. The minimum absolute atomic E-state index is 0. The van der Waals surface area contributed by atoms with E-state index >= 15 is 0 Å². The third kappa shape index (κ3) is 4.34. The molecule has 1 atom stereocenters. The van der Waals surface area contributed by atoms with Crippen LogP contribution in [0.25, 0.3) is 16.9 Å². The number of pyridine rings is 1. The minimum Gasteiger partial charge on any atom is -1.00 e. The first kappa shape index (κ1) is 22.3. The van der Waals surface area contributed by atoms with E-state index in [1.165, 1.54) is 12.8 Å². The predicted octanol–water partition coefficient (Wildman–Crippen LogP) is 1.34. The summed E-state index contributed by atoms with van der Waals surface area (Å²) in [4.78, 5) is 22.9. The molecular formula is C23H23N6NaO2. The van der Waals surface area contributed by atoms with Crippen LogP contribution in [0.5, 0.6) is 0 Å². The number of hydrogen-bond acceptors (Lipinski definition) is 6. The Balaban J connectivity index is 0.00000153. The largest absolute Gasteiger partial charge is 1.00 e. The van der Waals surface area contributed by atoms with Crippen molar-refractivity contribution in [2.24, 2.45) is 0 Å². The molecule has 0 saturated carbocycles. The van der Waals surface area contributed by atoms with Gasteiger partial charge in [0.2, 0.25) is 0 Å². The second-order valence-electron chi connectivity index (χ2n) is 7.72. The van der Waals surface area contributed by atoms with E-state index in [1.54, 1.807) is 35.1 Å². The molecule has 4 heterocycles. The number of benzene rings is 1. The minimum atomic E-state index is -0.971. The maximum Gasteiger partial charge on any atom is 1.00 e. The first-order valence-corrected chi connectivity index (χ1v) is 10.3. The van der Waals surface area contributed by atoms with Crippen LogP contribution in [-0.2, 0) is 0 Å². The van der Waals surface area contributed by atoms with Crippen LogP contribution in [0.2, 0.25) is 0 Å². The summed E-state index contributed by atoms with van der Waals surface area (Å²) in [6, 6.07) is 15.1. The van der Waals surface area contributed by atoms with Crippen molar-refractivity contribution in [3.8, 4) is 11.3 Å². The molecule has 0 amide bonds. The van der Waals surface area contributed by atoms with Gasteiger partial charge in [0, 0.05) is 30.5 Å². The average molecular weight is 438 g/mol. The summed E-state index contributed by atoms with van der Waals surface area (Å²) in [5.41, 5.74) is 2.98. The Bertz CT molecular complexity index is 1280. The SMILES string of the molecule is CC1CCCN1c1cccc(Nc2cc(-c3cccc(C(=O)O)c3)nn3ccnc23)n1.[H-].[Na+]. The van der Waals surface area contributed by atoms with Gasteiger partial charge in [-0.25, -0.2) is 19.3 Å². The maximum absolute atomic E-state index is 11.4. The molecule has 4 aromatic rings. The zero-order valence-corrected chi connectivity index (χ0v) is 20.1. The second kappa shape index (κ2) is 9.28. The van der Waals surface area contributed by atoms with Gasteiger partial charge in [-0.15, -0.1) is 0 Å². The van der Waals surface area contributed by atoms with E-state index in [9.17, 15) is 9.90 Å². The van der Waals surface area contributed by atoms with Gasteiger partial charge < -0.3 is 16.7 Å². The first-order chi connectivity index (χ1) is 15.1. The van der Waals surface area contributed by atoms with Crippen LogP contribution in [0.4, 0.5) is 17.3 Å². The van der Waals surface area contributed by atoms with E-state index in [0.29, 0.717) is 22.9 Å². The summed E-state index contributed by atoms with van der Waals surface area (Å²) in [6.07, 6.45) is 5.80. The van der Waals surface area contributed by atoms with Crippen LogP contribution < -0.4 is 39.8 Å². The molecular weight excluding hydrogens is 415 g/mol. The van der Waals surface area contributed by atoms with Crippen molar-refractivity contribution in [3.05, 3.63) is 66.5 Å². The van der Waals surface area contributed by atoms with Crippen LogP contribution in [0.1, 0.15) is 31.6 Å². The molecule has 32 heavy (non-hydrogen) atoms. The molecule has 0 aliphatic carbocycles. The van der Waals surface area contributed by atoms with Crippen molar-refractivity contribution in [1.29, 1.82) is 0 Å². The van der Waals surface area contributed by atoms with Crippen molar-refractivity contribution >= 4 is 28.9 Å². The fourth-order valence-electron chi connectivity index (χ4n) is 4.03. The number of fused-ring (bicyclic) bond motifs is 1. The number of anilines is 3. The molecule has 8 nitrogen and oxygen atoms in total. The Morgan fingerprint density at radius 2 is 2.06 bits per heavy atom. The number of imidazole rings is 1. The molecule has 158 valence electrons. The Hall–Kier alpha value is -2.94. The molecule has 1 aliphatic rings. The topological polar surface area (TPSA) is 95.7 Å². The zero-order valence-electron chi connectivity index (χ0n) is 19.1. The van der Waals surface area contributed by atoms with E-state index in [0.717, 1.165) is 23.9 Å². The summed E-state index contributed by atoms with van der Waals surface area (Å²) >= 11 is 0. The number of carboxylic acids is 1. The molecule has 9 heteroatoms. The number of rotatable bonds is 5. The van der Waals surface area contributed by atoms with Crippen LogP contribution in [0.15, 0.2) is 60.9 Å². The standard InChI is InChI=1S/C23H22N6O2.Na.H/c1-15-5-4-11-28(15)21-9-3-8-20(26-21)25-19-14-18(27-29-12-10-24-22(19)29)16-6-2-7-17(13-16)23(30)31;;/h2-3,6-10,12-15H,4-5,11H2,1H3,(H,25,26)(H,30,31);;/q;+1;-1. The van der Waals surface area contributed by atoms with Crippen LogP contribution >= 0.6 is 0 Å². The van der Waals surface area contributed by atoms with Crippen molar-refractivity contribution in [3.63, 3.8) is 0 Å².